The average Bonchev–Trinajstić information content (AvgIpc) is 2.65. The van der Waals surface area contributed by atoms with Gasteiger partial charge in [-0.3, -0.25) is 0 Å². The summed E-state index contributed by atoms with van der Waals surface area (Å²) in [4.78, 5) is 14.6. The van der Waals surface area contributed by atoms with Crippen LogP contribution in [0.1, 0.15) is 85.5 Å². The first-order valence-corrected chi connectivity index (χ1v) is 11.4. The predicted octanol–water partition coefficient (Wildman–Crippen LogP) is 7.14. The molecule has 2 aliphatic rings. The van der Waals surface area contributed by atoms with E-state index in [1.165, 1.54) is 11.6 Å². The van der Waals surface area contributed by atoms with Gasteiger partial charge in [0.25, 0.3) is 5.09 Å². The van der Waals surface area contributed by atoms with Crippen molar-refractivity contribution in [3.05, 3.63) is 57.1 Å². The monoisotopic (exact) mass is 433 g/mol. The maximum Gasteiger partial charge on any atom is 0.294 e. The highest BCUT2D eigenvalue weighted by molar-refractivity contribution is 5.44. The molecule has 0 fully saturated rings. The molecule has 0 heterocycles. The zero-order valence-corrected chi connectivity index (χ0v) is 19.6. The molecule has 0 aliphatic heterocycles. The Morgan fingerprint density at radius 3 is 2.61 bits per heavy atom. The van der Waals surface area contributed by atoms with Gasteiger partial charge >= 0.3 is 0 Å². The standard InChI is InChI=1S/C25H39NO5/c1-18(2)25(24(4,5)13-8-6-7-9-14-31-26(29)30)17-21(27)16-22(28)23(25)20-12-10-11-19(3)15-20/h15-16,20,27-28H,1,6-14,17H2,2-5H3/t20-,25+/m0/s1. The van der Waals surface area contributed by atoms with Crippen molar-refractivity contribution in [3.63, 3.8) is 0 Å². The highest BCUT2D eigenvalue weighted by Gasteiger charge is 2.52. The first-order valence-electron chi connectivity index (χ1n) is 11.4. The van der Waals surface area contributed by atoms with E-state index < -0.39 is 10.5 Å². The summed E-state index contributed by atoms with van der Waals surface area (Å²) in [6, 6.07) is 0. The quantitative estimate of drug-likeness (QED) is 0.156. The van der Waals surface area contributed by atoms with Crippen LogP contribution in [0.25, 0.3) is 0 Å². The summed E-state index contributed by atoms with van der Waals surface area (Å²) in [6.07, 6.45) is 11.8. The molecule has 2 N–H and O–H groups in total. The number of hydrogen-bond acceptors (Lipinski definition) is 5. The molecule has 2 rings (SSSR count). The molecule has 2 aliphatic carbocycles. The van der Waals surface area contributed by atoms with Gasteiger partial charge in [-0.05, 0) is 56.9 Å². The van der Waals surface area contributed by atoms with Gasteiger partial charge in [-0.25, -0.2) is 0 Å². The van der Waals surface area contributed by atoms with Crippen LogP contribution >= 0.6 is 0 Å². The lowest BCUT2D eigenvalue weighted by Gasteiger charge is -2.53. The van der Waals surface area contributed by atoms with E-state index in [0.717, 1.165) is 56.1 Å². The van der Waals surface area contributed by atoms with Gasteiger partial charge in [-0.1, -0.05) is 56.9 Å². The largest absolute Gasteiger partial charge is 0.512 e. The SMILES string of the molecule is C=C(C)[C@]1(C(C)(C)CCCCCCO[N+](=O)[O-])CC(O)=CC(O)=C1[C@@H]1C=C(C)CCC1. The molecule has 6 nitrogen and oxygen atoms in total. The minimum Gasteiger partial charge on any atom is -0.512 e. The number of rotatable bonds is 11. The highest BCUT2D eigenvalue weighted by atomic mass is 16.9. The van der Waals surface area contributed by atoms with Crippen molar-refractivity contribution in [2.24, 2.45) is 16.7 Å². The molecule has 2 atom stereocenters. The number of hydrogen-bond donors (Lipinski definition) is 2. The first-order chi connectivity index (χ1) is 14.5. The fraction of sp³-hybridized carbons (Fsp3) is 0.680. The molecule has 31 heavy (non-hydrogen) atoms. The Labute approximate surface area is 186 Å². The predicted molar refractivity (Wildman–Crippen MR) is 123 cm³/mol. The van der Waals surface area contributed by atoms with Crippen LogP contribution in [0.4, 0.5) is 0 Å². The second-order valence-corrected chi connectivity index (χ2v) is 9.91. The van der Waals surface area contributed by atoms with E-state index in [1.807, 2.05) is 6.92 Å². The van der Waals surface area contributed by atoms with Crippen molar-refractivity contribution in [1.82, 2.24) is 0 Å². The van der Waals surface area contributed by atoms with Crippen LogP contribution in [-0.4, -0.2) is 21.9 Å². The molecule has 0 spiro atoms. The van der Waals surface area contributed by atoms with Gasteiger partial charge in [-0.2, -0.15) is 0 Å². The third kappa shape index (κ3) is 5.72. The summed E-state index contributed by atoms with van der Waals surface area (Å²) in [6.45, 7) is 13.1. The summed E-state index contributed by atoms with van der Waals surface area (Å²) >= 11 is 0. The second-order valence-electron chi connectivity index (χ2n) is 9.91. The number of aliphatic hydroxyl groups is 2. The molecule has 0 amide bonds. The van der Waals surface area contributed by atoms with Gasteiger partial charge in [-0.15, -0.1) is 10.1 Å². The van der Waals surface area contributed by atoms with Crippen molar-refractivity contribution in [3.8, 4) is 0 Å². The lowest BCUT2D eigenvalue weighted by Crippen LogP contribution is -2.45. The van der Waals surface area contributed by atoms with Gasteiger partial charge < -0.3 is 15.1 Å². The zero-order valence-electron chi connectivity index (χ0n) is 19.6. The van der Waals surface area contributed by atoms with Crippen LogP contribution in [0.15, 0.2) is 47.0 Å². The maximum atomic E-state index is 11.0. The second kappa shape index (κ2) is 10.4. The third-order valence-electron chi connectivity index (χ3n) is 7.20. The van der Waals surface area contributed by atoms with Gasteiger partial charge in [0.15, 0.2) is 0 Å². The van der Waals surface area contributed by atoms with Gasteiger partial charge in [0.1, 0.15) is 5.76 Å². The lowest BCUT2D eigenvalue weighted by molar-refractivity contribution is -0.757. The van der Waals surface area contributed by atoms with Crippen LogP contribution in [0.2, 0.25) is 0 Å². The fourth-order valence-electron chi connectivity index (χ4n) is 5.65. The number of aliphatic hydroxyl groups excluding tert-OH is 2. The summed E-state index contributed by atoms with van der Waals surface area (Å²) in [5, 5.41) is 31.1. The summed E-state index contributed by atoms with van der Waals surface area (Å²) < 4.78 is 0. The molecule has 6 heteroatoms. The Hall–Kier alpha value is -2.24. The van der Waals surface area contributed by atoms with Crippen molar-refractivity contribution in [2.75, 3.05) is 6.61 Å². The molecule has 0 aromatic rings. The summed E-state index contributed by atoms with van der Waals surface area (Å²) in [7, 11) is 0. The van der Waals surface area contributed by atoms with E-state index in [9.17, 15) is 20.3 Å². The smallest absolute Gasteiger partial charge is 0.294 e. The van der Waals surface area contributed by atoms with E-state index in [-0.39, 0.29) is 29.5 Å². The van der Waals surface area contributed by atoms with E-state index in [1.54, 1.807) is 0 Å². The topological polar surface area (TPSA) is 92.8 Å². The van der Waals surface area contributed by atoms with Crippen LogP contribution in [0.3, 0.4) is 0 Å². The van der Waals surface area contributed by atoms with Gasteiger partial charge in [0.05, 0.1) is 12.4 Å². The molecule has 0 aromatic carbocycles. The molecule has 0 bridgehead atoms. The molecular weight excluding hydrogens is 394 g/mol. The van der Waals surface area contributed by atoms with Crippen LogP contribution in [0.5, 0.6) is 0 Å². The molecule has 174 valence electrons. The number of unbranched alkanes of at least 4 members (excludes halogenated alkanes) is 3. The Morgan fingerprint density at radius 2 is 2.00 bits per heavy atom. The van der Waals surface area contributed by atoms with E-state index in [0.29, 0.717) is 12.8 Å². The summed E-state index contributed by atoms with van der Waals surface area (Å²) in [5.74, 6) is 0.534. The highest BCUT2D eigenvalue weighted by Crippen LogP contribution is 2.60. The van der Waals surface area contributed by atoms with Gasteiger partial charge in [0.2, 0.25) is 0 Å². The fourth-order valence-corrected chi connectivity index (χ4v) is 5.65. The minimum absolute atomic E-state index is 0.138. The Morgan fingerprint density at radius 1 is 1.32 bits per heavy atom. The summed E-state index contributed by atoms with van der Waals surface area (Å²) in [5.41, 5.74) is 2.56. The number of allylic oxidation sites excluding steroid dienone is 6. The molecular formula is C25H39NO5. The van der Waals surface area contributed by atoms with Crippen LogP contribution in [-0.2, 0) is 4.84 Å². The van der Waals surface area contributed by atoms with E-state index >= 15 is 0 Å². The Balaban J connectivity index is 2.24. The maximum absolute atomic E-state index is 11.0. The van der Waals surface area contributed by atoms with Crippen molar-refractivity contribution >= 4 is 0 Å². The Kier molecular flexibility index (Phi) is 8.38. The molecule has 0 saturated heterocycles. The van der Waals surface area contributed by atoms with E-state index in [4.69, 9.17) is 0 Å². The average molecular weight is 434 g/mol. The minimum atomic E-state index is -0.745. The van der Waals surface area contributed by atoms with Crippen molar-refractivity contribution in [1.29, 1.82) is 0 Å². The van der Waals surface area contributed by atoms with Crippen molar-refractivity contribution < 1.29 is 20.1 Å². The lowest BCUT2D eigenvalue weighted by atomic mass is 9.51. The van der Waals surface area contributed by atoms with Crippen LogP contribution < -0.4 is 0 Å². The first kappa shape index (κ1) is 25.0. The molecule has 0 radical (unpaired) electrons. The third-order valence-corrected chi connectivity index (χ3v) is 7.20. The molecule has 0 unspecified atom stereocenters. The molecule has 0 aromatic heterocycles. The normalized spacial score (nSPS) is 24.5. The zero-order chi connectivity index (χ0) is 23.2. The number of nitrogens with zero attached hydrogens (tertiary/aromatic N) is 1. The van der Waals surface area contributed by atoms with E-state index in [2.05, 4.69) is 38.3 Å². The van der Waals surface area contributed by atoms with Gasteiger partial charge in [0, 0.05) is 23.8 Å². The molecule has 0 saturated carbocycles. The Bertz CT molecular complexity index is 777. The van der Waals surface area contributed by atoms with Crippen molar-refractivity contribution in [2.45, 2.75) is 85.5 Å². The van der Waals surface area contributed by atoms with Crippen LogP contribution in [0, 0.1) is 26.9 Å².